The first kappa shape index (κ1) is 23.8. The molecule has 1 aromatic carbocycles. The summed E-state index contributed by atoms with van der Waals surface area (Å²) in [6.45, 7) is 8.45. The first-order chi connectivity index (χ1) is 16.0. The Hall–Kier alpha value is -2.32. The predicted molar refractivity (Wildman–Crippen MR) is 134 cm³/mol. The fraction of sp³-hybridized carbons (Fsp3) is 0.480. The van der Waals surface area contributed by atoms with Crippen molar-refractivity contribution in [2.24, 2.45) is 5.92 Å². The standard InChI is InChI=1S/C25H32N4O2S2/c1-4-19-9-11-20(12-10-19)31-16-23-26-27-25(29(23)15-18(2)3)33-17-24(30)28-13-5-7-21(28)22-8-6-14-32-22/h6,8-12,14,18,21H,4-5,7,13,15-17H2,1-3H3. The number of ether oxygens (including phenoxy) is 1. The molecule has 0 spiro atoms. The minimum absolute atomic E-state index is 0.170. The molecule has 0 N–H and O–H groups in total. The van der Waals surface area contributed by atoms with Crippen molar-refractivity contribution in [3.63, 3.8) is 0 Å². The molecular formula is C25H32N4O2S2. The van der Waals surface area contributed by atoms with Crippen molar-refractivity contribution >= 4 is 29.0 Å². The monoisotopic (exact) mass is 484 g/mol. The van der Waals surface area contributed by atoms with Crippen LogP contribution in [0.2, 0.25) is 0 Å². The fourth-order valence-electron chi connectivity index (χ4n) is 4.10. The topological polar surface area (TPSA) is 60.3 Å². The third-order valence-electron chi connectivity index (χ3n) is 5.81. The molecule has 0 saturated carbocycles. The van der Waals surface area contributed by atoms with Gasteiger partial charge in [0.05, 0.1) is 11.8 Å². The molecule has 4 rings (SSSR count). The van der Waals surface area contributed by atoms with E-state index in [1.54, 1.807) is 11.3 Å². The lowest BCUT2D eigenvalue weighted by Gasteiger charge is -2.23. The van der Waals surface area contributed by atoms with Gasteiger partial charge in [-0.2, -0.15) is 0 Å². The zero-order chi connectivity index (χ0) is 23.2. The minimum Gasteiger partial charge on any atom is -0.486 e. The van der Waals surface area contributed by atoms with Crippen LogP contribution in [0.1, 0.15) is 55.9 Å². The van der Waals surface area contributed by atoms with Crippen LogP contribution in [0.5, 0.6) is 5.75 Å². The second-order valence-electron chi connectivity index (χ2n) is 8.74. The van der Waals surface area contributed by atoms with Gasteiger partial charge in [0, 0.05) is 18.0 Å². The van der Waals surface area contributed by atoms with Crippen LogP contribution < -0.4 is 4.74 Å². The number of aryl methyl sites for hydroxylation is 1. The van der Waals surface area contributed by atoms with E-state index in [-0.39, 0.29) is 11.9 Å². The van der Waals surface area contributed by atoms with E-state index < -0.39 is 0 Å². The number of thioether (sulfide) groups is 1. The van der Waals surface area contributed by atoms with Gasteiger partial charge in [0.2, 0.25) is 5.91 Å². The van der Waals surface area contributed by atoms with Gasteiger partial charge in [-0.15, -0.1) is 21.5 Å². The van der Waals surface area contributed by atoms with Crippen molar-refractivity contribution in [2.45, 2.75) is 64.4 Å². The number of nitrogens with zero attached hydrogens (tertiary/aromatic N) is 4. The molecular weight excluding hydrogens is 452 g/mol. The Morgan fingerprint density at radius 3 is 2.76 bits per heavy atom. The van der Waals surface area contributed by atoms with Gasteiger partial charge >= 0.3 is 0 Å². The zero-order valence-electron chi connectivity index (χ0n) is 19.6. The van der Waals surface area contributed by atoms with Gasteiger partial charge in [-0.3, -0.25) is 4.79 Å². The molecule has 6 nitrogen and oxygen atoms in total. The van der Waals surface area contributed by atoms with E-state index in [1.165, 1.54) is 22.2 Å². The predicted octanol–water partition coefficient (Wildman–Crippen LogP) is 5.59. The smallest absolute Gasteiger partial charge is 0.233 e. The second kappa shape index (κ2) is 11.2. The average molecular weight is 485 g/mol. The van der Waals surface area contributed by atoms with Crippen LogP contribution in [0.15, 0.2) is 46.9 Å². The van der Waals surface area contributed by atoms with E-state index >= 15 is 0 Å². The molecule has 1 aliphatic rings. The number of rotatable bonds is 10. The van der Waals surface area contributed by atoms with Gasteiger partial charge in [-0.1, -0.05) is 50.7 Å². The Kier molecular flexibility index (Phi) is 8.09. The highest BCUT2D eigenvalue weighted by atomic mass is 32.2. The lowest BCUT2D eigenvalue weighted by Crippen LogP contribution is -2.31. The summed E-state index contributed by atoms with van der Waals surface area (Å²) < 4.78 is 8.08. The molecule has 0 bridgehead atoms. The Morgan fingerprint density at radius 2 is 2.06 bits per heavy atom. The molecule has 1 aliphatic heterocycles. The van der Waals surface area contributed by atoms with Gasteiger partial charge in [0.1, 0.15) is 12.4 Å². The van der Waals surface area contributed by atoms with Crippen LogP contribution in [-0.2, 0) is 24.4 Å². The number of aromatic nitrogens is 3. The Balaban J connectivity index is 1.40. The zero-order valence-corrected chi connectivity index (χ0v) is 21.2. The third kappa shape index (κ3) is 5.98. The summed E-state index contributed by atoms with van der Waals surface area (Å²) >= 11 is 3.21. The average Bonchev–Trinajstić information content (AvgIpc) is 3.57. The lowest BCUT2D eigenvalue weighted by atomic mass is 10.2. The Labute approximate surface area is 204 Å². The first-order valence-corrected chi connectivity index (χ1v) is 13.5. The van der Waals surface area contributed by atoms with Crippen LogP contribution in [0.25, 0.3) is 0 Å². The summed E-state index contributed by atoms with van der Waals surface area (Å²) in [7, 11) is 0. The van der Waals surface area contributed by atoms with Crippen LogP contribution in [0.3, 0.4) is 0 Å². The lowest BCUT2D eigenvalue weighted by molar-refractivity contribution is -0.129. The molecule has 3 heterocycles. The van der Waals surface area contributed by atoms with Crippen LogP contribution in [0, 0.1) is 5.92 Å². The molecule has 3 aromatic rings. The van der Waals surface area contributed by atoms with Crippen molar-refractivity contribution in [2.75, 3.05) is 12.3 Å². The highest BCUT2D eigenvalue weighted by Crippen LogP contribution is 2.35. The summed E-state index contributed by atoms with van der Waals surface area (Å²) in [4.78, 5) is 16.4. The number of carbonyl (C=O) groups is 1. The molecule has 1 atom stereocenters. The normalized spacial score (nSPS) is 16.0. The van der Waals surface area contributed by atoms with Crippen LogP contribution in [-0.4, -0.2) is 37.9 Å². The van der Waals surface area contributed by atoms with Crippen LogP contribution >= 0.6 is 23.1 Å². The minimum atomic E-state index is 0.170. The number of amides is 1. The van der Waals surface area contributed by atoms with E-state index in [1.807, 2.05) is 17.0 Å². The molecule has 0 aliphatic carbocycles. The second-order valence-corrected chi connectivity index (χ2v) is 10.7. The Bertz CT molecular complexity index is 1030. The van der Waals surface area contributed by atoms with Gasteiger partial charge < -0.3 is 14.2 Å². The van der Waals surface area contributed by atoms with E-state index in [0.29, 0.717) is 18.3 Å². The summed E-state index contributed by atoms with van der Waals surface area (Å²) in [5.74, 6) is 2.58. The Morgan fingerprint density at radius 1 is 1.24 bits per heavy atom. The maximum Gasteiger partial charge on any atom is 0.233 e. The largest absolute Gasteiger partial charge is 0.486 e. The highest BCUT2D eigenvalue weighted by molar-refractivity contribution is 7.99. The molecule has 1 saturated heterocycles. The van der Waals surface area contributed by atoms with E-state index in [4.69, 9.17) is 4.74 Å². The number of thiophene rings is 1. The fourth-order valence-corrected chi connectivity index (χ4v) is 5.83. The molecule has 8 heteroatoms. The molecule has 1 fully saturated rings. The molecule has 1 unspecified atom stereocenters. The van der Waals surface area contributed by atoms with E-state index in [9.17, 15) is 4.79 Å². The molecule has 176 valence electrons. The highest BCUT2D eigenvalue weighted by Gasteiger charge is 2.30. The first-order valence-electron chi connectivity index (χ1n) is 11.6. The van der Waals surface area contributed by atoms with Gasteiger partial charge in [-0.25, -0.2) is 0 Å². The van der Waals surface area contributed by atoms with Gasteiger partial charge in [0.25, 0.3) is 0 Å². The van der Waals surface area contributed by atoms with Crippen molar-refractivity contribution in [3.05, 3.63) is 58.0 Å². The number of hydrogen-bond donors (Lipinski definition) is 0. The number of carbonyl (C=O) groups excluding carboxylic acids is 1. The van der Waals surface area contributed by atoms with Gasteiger partial charge in [-0.05, 0) is 54.3 Å². The quantitative estimate of drug-likeness (QED) is 0.351. The van der Waals surface area contributed by atoms with Crippen LogP contribution in [0.4, 0.5) is 0 Å². The molecule has 0 radical (unpaired) electrons. The summed E-state index contributed by atoms with van der Waals surface area (Å²) in [6, 6.07) is 12.6. The number of benzene rings is 1. The van der Waals surface area contributed by atoms with E-state index in [2.05, 4.69) is 65.2 Å². The summed E-state index contributed by atoms with van der Waals surface area (Å²) in [5.41, 5.74) is 1.29. The van der Waals surface area contributed by atoms with Crippen molar-refractivity contribution in [3.8, 4) is 5.75 Å². The van der Waals surface area contributed by atoms with Crippen molar-refractivity contribution < 1.29 is 9.53 Å². The maximum absolute atomic E-state index is 13.1. The van der Waals surface area contributed by atoms with E-state index in [0.717, 1.165) is 49.1 Å². The molecule has 33 heavy (non-hydrogen) atoms. The molecule has 1 amide bonds. The van der Waals surface area contributed by atoms with Crippen molar-refractivity contribution in [1.29, 1.82) is 0 Å². The third-order valence-corrected chi connectivity index (χ3v) is 7.74. The van der Waals surface area contributed by atoms with Crippen molar-refractivity contribution in [1.82, 2.24) is 19.7 Å². The number of hydrogen-bond acceptors (Lipinski definition) is 6. The summed E-state index contributed by atoms with van der Waals surface area (Å²) in [5, 5.41) is 11.7. The number of likely N-dealkylation sites (tertiary alicyclic amines) is 1. The summed E-state index contributed by atoms with van der Waals surface area (Å²) in [6.07, 6.45) is 3.11. The maximum atomic E-state index is 13.1. The van der Waals surface area contributed by atoms with Gasteiger partial charge in [0.15, 0.2) is 11.0 Å². The molecule has 2 aromatic heterocycles. The SMILES string of the molecule is CCc1ccc(OCc2nnc(SCC(=O)N3CCCC3c3cccs3)n2CC(C)C)cc1.